The lowest BCUT2D eigenvalue weighted by Crippen LogP contribution is -2.07. The van der Waals surface area contributed by atoms with E-state index < -0.39 is 0 Å². The van der Waals surface area contributed by atoms with Gasteiger partial charge in [-0.05, 0) is 19.1 Å². The molecule has 0 fully saturated rings. The summed E-state index contributed by atoms with van der Waals surface area (Å²) in [5.41, 5.74) is 4.74. The predicted molar refractivity (Wildman–Crippen MR) is 72.3 cm³/mol. The lowest BCUT2D eigenvalue weighted by Gasteiger charge is -2.03. The average Bonchev–Trinajstić information content (AvgIpc) is 3.07. The Morgan fingerprint density at radius 3 is 3.05 bits per heavy atom. The largest absolute Gasteiger partial charge is 0.461 e. The zero-order valence-corrected chi connectivity index (χ0v) is 11.1. The highest BCUT2D eigenvalue weighted by Crippen LogP contribution is 2.20. The van der Waals surface area contributed by atoms with Crippen LogP contribution in [0.4, 0.5) is 0 Å². The lowest BCUT2D eigenvalue weighted by molar-refractivity contribution is 0.0518. The highest BCUT2D eigenvalue weighted by Gasteiger charge is 2.13. The van der Waals surface area contributed by atoms with Crippen LogP contribution >= 0.6 is 11.3 Å². The van der Waals surface area contributed by atoms with Crippen molar-refractivity contribution in [3.8, 4) is 11.3 Å². The summed E-state index contributed by atoms with van der Waals surface area (Å²) in [6, 6.07) is 3.80. The van der Waals surface area contributed by atoms with E-state index in [1.807, 2.05) is 23.7 Å². The van der Waals surface area contributed by atoms with Gasteiger partial charge in [-0.25, -0.2) is 14.8 Å². The van der Waals surface area contributed by atoms with Crippen molar-refractivity contribution in [2.45, 2.75) is 6.92 Å². The third-order valence-corrected chi connectivity index (χ3v) is 3.30. The number of thiazole rings is 1. The highest BCUT2D eigenvalue weighted by atomic mass is 32.1. The molecule has 3 aromatic rings. The molecular formula is C13H11N3O2S. The number of imidazole rings is 1. The molecule has 0 aliphatic carbocycles. The molecule has 0 unspecified atom stereocenters. The van der Waals surface area contributed by atoms with Crippen LogP contribution in [0.2, 0.25) is 0 Å². The van der Waals surface area contributed by atoms with Gasteiger partial charge in [-0.2, -0.15) is 0 Å². The van der Waals surface area contributed by atoms with E-state index in [0.29, 0.717) is 17.9 Å². The first-order valence-corrected chi connectivity index (χ1v) is 6.76. The minimum Gasteiger partial charge on any atom is -0.461 e. The minimum absolute atomic E-state index is 0.345. The first kappa shape index (κ1) is 11.9. The van der Waals surface area contributed by atoms with E-state index in [4.69, 9.17) is 4.74 Å². The highest BCUT2D eigenvalue weighted by molar-refractivity contribution is 7.07. The number of pyridine rings is 1. The summed E-state index contributed by atoms with van der Waals surface area (Å²) in [4.78, 5) is 20.3. The lowest BCUT2D eigenvalue weighted by atomic mass is 10.2. The van der Waals surface area contributed by atoms with E-state index in [1.54, 1.807) is 16.8 Å². The molecule has 5 nitrogen and oxygen atoms in total. The topological polar surface area (TPSA) is 56.5 Å². The fraction of sp³-hybridized carbons (Fsp3) is 0.154. The van der Waals surface area contributed by atoms with Gasteiger partial charge in [0.1, 0.15) is 5.65 Å². The quantitative estimate of drug-likeness (QED) is 0.688. The van der Waals surface area contributed by atoms with Crippen molar-refractivity contribution >= 4 is 23.0 Å². The first-order chi connectivity index (χ1) is 9.29. The van der Waals surface area contributed by atoms with Gasteiger partial charge >= 0.3 is 5.97 Å². The fourth-order valence-electron chi connectivity index (χ4n) is 1.84. The third kappa shape index (κ3) is 2.10. The molecule has 3 heterocycles. The van der Waals surface area contributed by atoms with Crippen molar-refractivity contribution in [2.75, 3.05) is 6.61 Å². The number of carbonyl (C=O) groups excluding carboxylic acids is 1. The number of rotatable bonds is 3. The Bertz CT molecular complexity index is 719. The van der Waals surface area contributed by atoms with Crippen molar-refractivity contribution < 1.29 is 9.53 Å². The van der Waals surface area contributed by atoms with Gasteiger partial charge in [-0.1, -0.05) is 0 Å². The molecule has 0 saturated heterocycles. The van der Waals surface area contributed by atoms with E-state index in [-0.39, 0.29) is 5.97 Å². The van der Waals surface area contributed by atoms with Gasteiger partial charge in [0, 0.05) is 17.1 Å². The molecule has 0 amide bonds. The average molecular weight is 273 g/mol. The molecule has 19 heavy (non-hydrogen) atoms. The van der Waals surface area contributed by atoms with E-state index in [0.717, 1.165) is 11.3 Å². The molecule has 96 valence electrons. The van der Waals surface area contributed by atoms with Crippen LogP contribution in [-0.2, 0) is 4.74 Å². The molecule has 0 aliphatic rings. The zero-order valence-electron chi connectivity index (χ0n) is 10.2. The van der Waals surface area contributed by atoms with E-state index >= 15 is 0 Å². The Balaban J connectivity index is 2.10. The Morgan fingerprint density at radius 2 is 2.32 bits per heavy atom. The number of hydrogen-bond donors (Lipinski definition) is 0. The van der Waals surface area contributed by atoms with E-state index in [1.165, 1.54) is 17.5 Å². The van der Waals surface area contributed by atoms with Crippen LogP contribution < -0.4 is 0 Å². The van der Waals surface area contributed by atoms with Crippen molar-refractivity contribution in [3.05, 3.63) is 41.1 Å². The number of ether oxygens (including phenoxy) is 1. The maximum absolute atomic E-state index is 11.8. The van der Waals surface area contributed by atoms with Crippen LogP contribution in [0, 0.1) is 0 Å². The Labute approximate surface area is 113 Å². The summed E-state index contributed by atoms with van der Waals surface area (Å²) in [6.45, 7) is 2.12. The number of aromatic nitrogens is 3. The molecule has 3 aromatic heterocycles. The van der Waals surface area contributed by atoms with Gasteiger partial charge in [-0.15, -0.1) is 11.3 Å². The SMILES string of the molecule is CCOC(=O)c1cnc2ccc(-c3cscn3)cn12. The molecule has 0 saturated carbocycles. The van der Waals surface area contributed by atoms with Crippen LogP contribution in [0.25, 0.3) is 16.9 Å². The molecule has 0 spiro atoms. The smallest absolute Gasteiger partial charge is 0.356 e. The molecule has 0 atom stereocenters. The molecule has 0 radical (unpaired) electrons. The Kier molecular flexibility index (Phi) is 3.00. The molecule has 3 rings (SSSR count). The Hall–Kier alpha value is -2.21. The second-order valence-electron chi connectivity index (χ2n) is 3.88. The van der Waals surface area contributed by atoms with Crippen LogP contribution in [0.5, 0.6) is 0 Å². The van der Waals surface area contributed by atoms with Crippen LogP contribution in [0.1, 0.15) is 17.4 Å². The van der Waals surface area contributed by atoms with Gasteiger partial charge < -0.3 is 4.74 Å². The van der Waals surface area contributed by atoms with Crippen molar-refractivity contribution in [2.24, 2.45) is 0 Å². The minimum atomic E-state index is -0.370. The van der Waals surface area contributed by atoms with Crippen molar-refractivity contribution in [3.63, 3.8) is 0 Å². The zero-order chi connectivity index (χ0) is 13.2. The van der Waals surface area contributed by atoms with Gasteiger partial charge in [0.25, 0.3) is 0 Å². The van der Waals surface area contributed by atoms with Crippen LogP contribution in [0.3, 0.4) is 0 Å². The number of nitrogens with zero attached hydrogens (tertiary/aromatic N) is 3. The first-order valence-electron chi connectivity index (χ1n) is 5.82. The normalized spacial score (nSPS) is 10.8. The molecular weight excluding hydrogens is 262 g/mol. The number of carbonyl (C=O) groups is 1. The van der Waals surface area contributed by atoms with Gasteiger partial charge in [0.15, 0.2) is 5.69 Å². The Morgan fingerprint density at radius 1 is 1.42 bits per heavy atom. The van der Waals surface area contributed by atoms with E-state index in [2.05, 4.69) is 9.97 Å². The summed E-state index contributed by atoms with van der Waals surface area (Å²) in [6.07, 6.45) is 3.38. The maximum Gasteiger partial charge on any atom is 0.356 e. The standard InChI is InChI=1S/C13H11N3O2S/c1-2-18-13(17)11-5-14-12-4-3-9(6-16(11)12)10-7-19-8-15-10/h3-8H,2H2,1H3. The molecule has 0 aliphatic heterocycles. The predicted octanol–water partition coefficient (Wildman–Crippen LogP) is 2.63. The van der Waals surface area contributed by atoms with Gasteiger partial charge in [0.2, 0.25) is 0 Å². The number of fused-ring (bicyclic) bond motifs is 1. The molecule has 0 bridgehead atoms. The summed E-state index contributed by atoms with van der Waals surface area (Å²) in [5.74, 6) is -0.370. The molecule has 6 heteroatoms. The fourth-order valence-corrected chi connectivity index (χ4v) is 2.40. The van der Waals surface area contributed by atoms with Gasteiger partial charge in [-0.3, -0.25) is 4.40 Å². The second-order valence-corrected chi connectivity index (χ2v) is 4.60. The summed E-state index contributed by atoms with van der Waals surface area (Å²) < 4.78 is 6.74. The van der Waals surface area contributed by atoms with Crippen molar-refractivity contribution in [1.82, 2.24) is 14.4 Å². The number of hydrogen-bond acceptors (Lipinski definition) is 5. The summed E-state index contributed by atoms with van der Waals surface area (Å²) >= 11 is 1.53. The van der Waals surface area contributed by atoms with E-state index in [9.17, 15) is 4.79 Å². The summed E-state index contributed by atoms with van der Waals surface area (Å²) in [5, 5.41) is 1.96. The van der Waals surface area contributed by atoms with Crippen LogP contribution in [-0.4, -0.2) is 26.9 Å². The summed E-state index contributed by atoms with van der Waals surface area (Å²) in [7, 11) is 0. The number of esters is 1. The van der Waals surface area contributed by atoms with Crippen molar-refractivity contribution in [1.29, 1.82) is 0 Å². The third-order valence-electron chi connectivity index (χ3n) is 2.72. The monoisotopic (exact) mass is 273 g/mol. The second kappa shape index (κ2) is 4.81. The van der Waals surface area contributed by atoms with Gasteiger partial charge in [0.05, 0.1) is 24.0 Å². The molecule has 0 aromatic carbocycles. The maximum atomic E-state index is 11.8. The van der Waals surface area contributed by atoms with Crippen LogP contribution in [0.15, 0.2) is 35.4 Å². The molecule has 0 N–H and O–H groups in total.